The molecule has 1 heterocycles. The van der Waals surface area contributed by atoms with E-state index in [1.807, 2.05) is 19.1 Å². The van der Waals surface area contributed by atoms with Crippen LogP contribution in [-0.2, 0) is 9.59 Å². The third-order valence-electron chi connectivity index (χ3n) is 4.30. The monoisotopic (exact) mass is 534 g/mol. The predicted octanol–water partition coefficient (Wildman–Crippen LogP) is 4.00. The number of carbonyl (C=O) groups is 2. The lowest BCUT2D eigenvalue weighted by molar-refractivity contribution is -0.122. The van der Waals surface area contributed by atoms with Gasteiger partial charge in [0.25, 0.3) is 11.8 Å². The number of hydrogen-bond donors (Lipinski definition) is 1. The number of methoxy groups -OCH3 is 1. The van der Waals surface area contributed by atoms with Crippen molar-refractivity contribution >= 4 is 63.5 Å². The summed E-state index contributed by atoms with van der Waals surface area (Å²) in [6, 6.07) is 10.8. The number of carbonyl (C=O) groups excluding carboxylic acids is 2. The van der Waals surface area contributed by atoms with Gasteiger partial charge < -0.3 is 9.47 Å². The second-order valence-electron chi connectivity index (χ2n) is 6.43. The molecule has 0 aromatic heterocycles. The topological polar surface area (TPSA) is 67.9 Å². The first-order valence-corrected chi connectivity index (χ1v) is 10.4. The average Bonchev–Trinajstić information content (AvgIpc) is 2.71. The Hall–Kier alpha value is -2.72. The molecule has 3 rings (SSSR count). The van der Waals surface area contributed by atoms with E-state index in [2.05, 4.69) is 34.5 Å². The fourth-order valence-corrected chi connectivity index (χ4v) is 3.92. The van der Waals surface area contributed by atoms with Crippen LogP contribution in [0.5, 0.6) is 11.5 Å². The molecule has 0 saturated carbocycles. The third kappa shape index (κ3) is 4.54. The van der Waals surface area contributed by atoms with E-state index in [4.69, 9.17) is 21.7 Å². The number of anilines is 1. The number of benzene rings is 2. The molecule has 30 heavy (non-hydrogen) atoms. The molecule has 0 atom stereocenters. The Morgan fingerprint density at radius 2 is 1.93 bits per heavy atom. The van der Waals surface area contributed by atoms with Gasteiger partial charge in [0.1, 0.15) is 12.2 Å². The van der Waals surface area contributed by atoms with Crippen LogP contribution in [-0.4, -0.2) is 30.6 Å². The van der Waals surface area contributed by atoms with Gasteiger partial charge in [0.05, 0.1) is 16.4 Å². The number of ether oxygens (including phenoxy) is 2. The molecule has 2 aromatic rings. The molecule has 0 aliphatic carbocycles. The van der Waals surface area contributed by atoms with Gasteiger partial charge in [-0.05, 0) is 77.6 Å². The first-order valence-electron chi connectivity index (χ1n) is 8.95. The van der Waals surface area contributed by atoms with Crippen molar-refractivity contribution in [3.05, 3.63) is 69.3 Å². The van der Waals surface area contributed by atoms with Crippen LogP contribution in [0.25, 0.3) is 6.08 Å². The van der Waals surface area contributed by atoms with Crippen molar-refractivity contribution in [3.63, 3.8) is 0 Å². The number of nitrogens with zero attached hydrogens (tertiary/aromatic N) is 1. The van der Waals surface area contributed by atoms with Crippen molar-refractivity contribution < 1.29 is 19.1 Å². The van der Waals surface area contributed by atoms with E-state index in [0.29, 0.717) is 29.4 Å². The van der Waals surface area contributed by atoms with Crippen molar-refractivity contribution in [1.82, 2.24) is 5.32 Å². The Morgan fingerprint density at radius 1 is 1.23 bits per heavy atom. The van der Waals surface area contributed by atoms with Crippen molar-refractivity contribution in [2.24, 2.45) is 0 Å². The molecular formula is C22H19IN2O4S. The number of hydrogen-bond acceptors (Lipinski definition) is 5. The lowest BCUT2D eigenvalue weighted by atomic mass is 10.1. The van der Waals surface area contributed by atoms with E-state index in [9.17, 15) is 9.59 Å². The van der Waals surface area contributed by atoms with E-state index in [0.717, 1.165) is 9.13 Å². The summed E-state index contributed by atoms with van der Waals surface area (Å²) in [4.78, 5) is 27.0. The highest BCUT2D eigenvalue weighted by Gasteiger charge is 2.34. The smallest absolute Gasteiger partial charge is 0.270 e. The van der Waals surface area contributed by atoms with E-state index >= 15 is 0 Å². The molecule has 8 heteroatoms. The molecule has 1 N–H and O–H groups in total. The second kappa shape index (κ2) is 9.40. The molecule has 0 unspecified atom stereocenters. The molecule has 1 aliphatic heterocycles. The molecule has 1 aliphatic rings. The van der Waals surface area contributed by atoms with Crippen molar-refractivity contribution in [3.8, 4) is 11.5 Å². The number of amides is 2. The Bertz CT molecular complexity index is 1060. The van der Waals surface area contributed by atoms with Gasteiger partial charge in [0.15, 0.2) is 16.6 Å². The van der Waals surface area contributed by atoms with Crippen LogP contribution in [0, 0.1) is 10.5 Å². The zero-order chi connectivity index (χ0) is 21.8. The fraction of sp³-hybridized carbons (Fsp3) is 0.136. The fourth-order valence-electron chi connectivity index (χ4n) is 2.86. The van der Waals surface area contributed by atoms with Gasteiger partial charge in [-0.1, -0.05) is 30.4 Å². The minimum absolute atomic E-state index is 0.0261. The van der Waals surface area contributed by atoms with Crippen molar-refractivity contribution in [2.45, 2.75) is 6.92 Å². The van der Waals surface area contributed by atoms with Crippen LogP contribution < -0.4 is 19.7 Å². The standard InChI is InChI=1S/C22H19IN2O4S/c1-4-9-29-19-17(23)11-14(12-18(19)28-3)10-16-20(26)24-22(30)25(21(16)27)15-7-5-13(2)6-8-15/h4-8,10-12H,1,9H2,2-3H3,(H,24,26,30)/b16-10+. The SMILES string of the molecule is C=CCOc1c(I)cc(/C=C2\C(=O)NC(=S)N(c3ccc(C)cc3)C2=O)cc1OC. The van der Waals surface area contributed by atoms with Crippen LogP contribution >= 0.6 is 34.8 Å². The Kier molecular flexibility index (Phi) is 6.88. The summed E-state index contributed by atoms with van der Waals surface area (Å²) < 4.78 is 11.8. The number of nitrogens with one attached hydrogen (secondary N) is 1. The zero-order valence-corrected chi connectivity index (χ0v) is 19.4. The quantitative estimate of drug-likeness (QED) is 0.200. The van der Waals surface area contributed by atoms with Crippen LogP contribution in [0.1, 0.15) is 11.1 Å². The average molecular weight is 534 g/mol. The third-order valence-corrected chi connectivity index (χ3v) is 5.39. The summed E-state index contributed by atoms with van der Waals surface area (Å²) in [7, 11) is 1.53. The van der Waals surface area contributed by atoms with E-state index in [-0.39, 0.29) is 10.7 Å². The van der Waals surface area contributed by atoms with Gasteiger partial charge in [0, 0.05) is 0 Å². The highest BCUT2D eigenvalue weighted by Crippen LogP contribution is 2.35. The lowest BCUT2D eigenvalue weighted by Gasteiger charge is -2.29. The van der Waals surface area contributed by atoms with Gasteiger partial charge in [-0.15, -0.1) is 0 Å². The molecule has 2 amide bonds. The van der Waals surface area contributed by atoms with Gasteiger partial charge in [-0.2, -0.15) is 0 Å². The first-order chi connectivity index (χ1) is 14.3. The van der Waals surface area contributed by atoms with Crippen LogP contribution in [0.3, 0.4) is 0 Å². The highest BCUT2D eigenvalue weighted by atomic mass is 127. The summed E-state index contributed by atoms with van der Waals surface area (Å²) in [6.07, 6.45) is 3.15. The van der Waals surface area contributed by atoms with Gasteiger partial charge >= 0.3 is 0 Å². The molecule has 6 nitrogen and oxygen atoms in total. The van der Waals surface area contributed by atoms with Crippen molar-refractivity contribution in [1.29, 1.82) is 0 Å². The summed E-state index contributed by atoms with van der Waals surface area (Å²) in [5, 5.41) is 2.63. The van der Waals surface area contributed by atoms with Crippen molar-refractivity contribution in [2.75, 3.05) is 18.6 Å². The number of thiocarbonyl (C=S) groups is 1. The molecule has 0 spiro atoms. The number of aryl methyl sites for hydroxylation is 1. The maximum atomic E-state index is 13.1. The maximum absolute atomic E-state index is 13.1. The van der Waals surface area contributed by atoms with Crippen LogP contribution in [0.15, 0.2) is 54.6 Å². The maximum Gasteiger partial charge on any atom is 0.270 e. The predicted molar refractivity (Wildman–Crippen MR) is 129 cm³/mol. The summed E-state index contributed by atoms with van der Waals surface area (Å²) in [6.45, 7) is 5.92. The largest absolute Gasteiger partial charge is 0.493 e. The van der Waals surface area contributed by atoms with E-state index in [1.165, 1.54) is 18.1 Å². The summed E-state index contributed by atoms with van der Waals surface area (Å²) >= 11 is 7.35. The molecule has 0 bridgehead atoms. The van der Waals surface area contributed by atoms with Gasteiger partial charge in [-0.3, -0.25) is 19.8 Å². The van der Waals surface area contributed by atoms with Crippen LogP contribution in [0.4, 0.5) is 5.69 Å². The molecule has 1 fully saturated rings. The lowest BCUT2D eigenvalue weighted by Crippen LogP contribution is -2.54. The van der Waals surface area contributed by atoms with Crippen LogP contribution in [0.2, 0.25) is 0 Å². The van der Waals surface area contributed by atoms with Gasteiger partial charge in [-0.25, -0.2) is 0 Å². The molecular weight excluding hydrogens is 515 g/mol. The Morgan fingerprint density at radius 3 is 2.57 bits per heavy atom. The number of halogens is 1. The second-order valence-corrected chi connectivity index (χ2v) is 7.98. The summed E-state index contributed by atoms with van der Waals surface area (Å²) in [5.41, 5.74) is 2.23. The normalized spacial score (nSPS) is 15.2. The molecule has 154 valence electrons. The summed E-state index contributed by atoms with van der Waals surface area (Å²) in [5.74, 6) is 0.0232. The van der Waals surface area contributed by atoms with Gasteiger partial charge in [0.2, 0.25) is 0 Å². The minimum Gasteiger partial charge on any atom is -0.493 e. The Labute approximate surface area is 193 Å². The Balaban J connectivity index is 2.01. The minimum atomic E-state index is -0.547. The highest BCUT2D eigenvalue weighted by molar-refractivity contribution is 14.1. The molecule has 0 radical (unpaired) electrons. The van der Waals surface area contributed by atoms with E-state index < -0.39 is 11.8 Å². The molecule has 2 aromatic carbocycles. The molecule has 1 saturated heterocycles. The zero-order valence-electron chi connectivity index (χ0n) is 16.4. The van der Waals surface area contributed by atoms with E-state index in [1.54, 1.807) is 30.3 Å². The number of rotatable bonds is 6. The first kappa shape index (κ1) is 22.0.